The molecule has 0 aromatic heterocycles. The van der Waals surface area contributed by atoms with Gasteiger partial charge in [-0.1, -0.05) is 65.3 Å². The normalized spacial score (nSPS) is 53.6. The van der Waals surface area contributed by atoms with Crippen LogP contribution in [0.15, 0.2) is 23.8 Å². The third-order valence-corrected chi connectivity index (χ3v) is 12.6. The lowest BCUT2D eigenvalue weighted by Crippen LogP contribution is -2.65. The maximum Gasteiger partial charge on any atom is 0.314 e. The molecule has 0 spiro atoms. The molecule has 0 aromatic rings. The molecule has 0 aromatic carbocycles. The number of fused-ring (bicyclic) bond motifs is 7. The molecule has 9 atom stereocenters. The SMILES string of the molecule is CC1(C)CC[C@]2(C(=O)O)C=C[C@]3(C)C(=CC[C@@H]4[C@@]5(C)CC[C@H](O)[C@](C)(CO)[C@@H]5CC[C@]43C)[C@@H]2C1. The molecule has 0 unspecified atom stereocenters. The van der Waals surface area contributed by atoms with Gasteiger partial charge in [0.25, 0.3) is 0 Å². The monoisotopic (exact) mass is 470 g/mol. The van der Waals surface area contributed by atoms with Crippen LogP contribution in [0, 0.1) is 50.2 Å². The summed E-state index contributed by atoms with van der Waals surface area (Å²) in [6.07, 6.45) is 13.8. The van der Waals surface area contributed by atoms with Crippen molar-refractivity contribution in [3.63, 3.8) is 0 Å². The van der Waals surface area contributed by atoms with Crippen molar-refractivity contribution in [1.29, 1.82) is 0 Å². The Morgan fingerprint density at radius 3 is 2.32 bits per heavy atom. The number of allylic oxidation sites excluding steroid dienone is 3. The fraction of sp³-hybridized carbons (Fsp3) is 0.833. The second kappa shape index (κ2) is 7.22. The number of carbonyl (C=O) groups is 1. The summed E-state index contributed by atoms with van der Waals surface area (Å²) in [5.41, 5.74) is 0.238. The lowest BCUT2D eigenvalue weighted by atomic mass is 9.34. The van der Waals surface area contributed by atoms with Crippen LogP contribution in [0.3, 0.4) is 0 Å². The van der Waals surface area contributed by atoms with Gasteiger partial charge in [0.2, 0.25) is 0 Å². The van der Waals surface area contributed by atoms with Gasteiger partial charge in [0.1, 0.15) is 0 Å². The van der Waals surface area contributed by atoms with E-state index in [4.69, 9.17) is 0 Å². The van der Waals surface area contributed by atoms with E-state index in [0.29, 0.717) is 11.8 Å². The minimum atomic E-state index is -0.768. The Kier molecular flexibility index (Phi) is 5.21. The van der Waals surface area contributed by atoms with Crippen molar-refractivity contribution in [2.75, 3.05) is 6.61 Å². The first-order valence-electron chi connectivity index (χ1n) is 13.6. The van der Waals surface area contributed by atoms with Crippen LogP contribution in [0.1, 0.15) is 92.9 Å². The molecule has 0 amide bonds. The van der Waals surface area contributed by atoms with Crippen LogP contribution in [0.4, 0.5) is 0 Å². The minimum Gasteiger partial charge on any atom is -0.481 e. The number of aliphatic hydroxyl groups is 2. The van der Waals surface area contributed by atoms with E-state index in [1.165, 1.54) is 5.57 Å². The number of aliphatic hydroxyl groups excluding tert-OH is 2. The molecule has 0 bridgehead atoms. The summed E-state index contributed by atoms with van der Waals surface area (Å²) in [6.45, 7) is 14.0. The van der Waals surface area contributed by atoms with Gasteiger partial charge in [0.05, 0.1) is 18.1 Å². The molecule has 3 N–H and O–H groups in total. The third kappa shape index (κ3) is 2.82. The average Bonchev–Trinajstić information content (AvgIpc) is 2.76. The lowest BCUT2D eigenvalue weighted by Gasteiger charge is -2.70. The van der Waals surface area contributed by atoms with E-state index in [0.717, 1.165) is 51.4 Å². The third-order valence-electron chi connectivity index (χ3n) is 12.6. The summed E-state index contributed by atoms with van der Waals surface area (Å²) in [7, 11) is 0. The summed E-state index contributed by atoms with van der Waals surface area (Å²) >= 11 is 0. The number of hydrogen-bond acceptors (Lipinski definition) is 3. The van der Waals surface area contributed by atoms with Gasteiger partial charge in [0.15, 0.2) is 0 Å². The first-order valence-corrected chi connectivity index (χ1v) is 13.6. The molecule has 5 rings (SSSR count). The molecule has 5 aliphatic carbocycles. The molecule has 190 valence electrons. The first kappa shape index (κ1) is 24.6. The summed E-state index contributed by atoms with van der Waals surface area (Å²) < 4.78 is 0. The fourth-order valence-corrected chi connectivity index (χ4v) is 10.1. The van der Waals surface area contributed by atoms with Gasteiger partial charge in [-0.2, -0.15) is 0 Å². The quantitative estimate of drug-likeness (QED) is 0.434. The van der Waals surface area contributed by atoms with Crippen LogP contribution in [-0.2, 0) is 4.79 Å². The molecule has 34 heavy (non-hydrogen) atoms. The van der Waals surface area contributed by atoms with E-state index < -0.39 is 22.9 Å². The zero-order chi connectivity index (χ0) is 24.9. The maximum atomic E-state index is 12.7. The van der Waals surface area contributed by atoms with Gasteiger partial charge < -0.3 is 15.3 Å². The van der Waals surface area contributed by atoms with Crippen LogP contribution in [0.5, 0.6) is 0 Å². The standard InChI is InChI=1S/C30H46O4/c1-25(2)13-15-30(24(33)34)16-14-28(5)19(20(30)17-25)7-8-22-26(3)11-10-23(32)27(4,18-31)21(26)9-12-29(22,28)6/h7,14,16,20-23,31-32H,8-13,15,17-18H2,1-6H3,(H,33,34)/t20-,21+,22+,23-,26-,27+,28+,29+,30-/m0/s1. The molecule has 0 aliphatic heterocycles. The smallest absolute Gasteiger partial charge is 0.314 e. The molecule has 0 heterocycles. The molecule has 0 saturated heterocycles. The van der Waals surface area contributed by atoms with E-state index in [-0.39, 0.29) is 34.2 Å². The van der Waals surface area contributed by atoms with Gasteiger partial charge in [0, 0.05) is 16.7 Å². The van der Waals surface area contributed by atoms with E-state index in [1.54, 1.807) is 0 Å². The summed E-state index contributed by atoms with van der Waals surface area (Å²) in [5.74, 6) is 0.146. The molecule has 5 aliphatic rings. The van der Waals surface area contributed by atoms with Gasteiger partial charge in [-0.05, 0) is 79.4 Å². The predicted octanol–water partition coefficient (Wildman–Crippen LogP) is 5.98. The van der Waals surface area contributed by atoms with Gasteiger partial charge in [-0.15, -0.1) is 0 Å². The van der Waals surface area contributed by atoms with Gasteiger partial charge >= 0.3 is 5.97 Å². The van der Waals surface area contributed by atoms with E-state index in [1.807, 2.05) is 0 Å². The van der Waals surface area contributed by atoms with E-state index >= 15 is 0 Å². The van der Waals surface area contributed by atoms with Crippen molar-refractivity contribution >= 4 is 5.97 Å². The Bertz CT molecular complexity index is 949. The number of aliphatic carboxylic acids is 1. The van der Waals surface area contributed by atoms with Crippen LogP contribution in [0.2, 0.25) is 0 Å². The van der Waals surface area contributed by atoms with Crippen LogP contribution in [-0.4, -0.2) is 34.0 Å². The van der Waals surface area contributed by atoms with Gasteiger partial charge in [-0.3, -0.25) is 4.79 Å². The molecule has 4 nitrogen and oxygen atoms in total. The Balaban J connectivity index is 1.62. The Labute approximate surface area is 205 Å². The molecule has 0 radical (unpaired) electrons. The highest BCUT2D eigenvalue weighted by atomic mass is 16.4. The second-order valence-corrected chi connectivity index (χ2v) is 14.5. The lowest BCUT2D eigenvalue weighted by molar-refractivity contribution is -0.205. The maximum absolute atomic E-state index is 12.7. The van der Waals surface area contributed by atoms with Crippen molar-refractivity contribution in [3.8, 4) is 0 Å². The van der Waals surface area contributed by atoms with Crippen molar-refractivity contribution in [2.45, 2.75) is 99.0 Å². The summed E-state index contributed by atoms with van der Waals surface area (Å²) in [6, 6.07) is 0. The van der Waals surface area contributed by atoms with E-state index in [9.17, 15) is 20.1 Å². The van der Waals surface area contributed by atoms with Crippen molar-refractivity contribution in [2.24, 2.45) is 50.2 Å². The molecule has 4 heteroatoms. The highest BCUT2D eigenvalue weighted by Crippen LogP contribution is 2.74. The molecular formula is C30H46O4. The zero-order valence-electron chi connectivity index (χ0n) is 22.2. The van der Waals surface area contributed by atoms with Crippen molar-refractivity contribution < 1.29 is 20.1 Å². The number of carboxylic acids is 1. The van der Waals surface area contributed by atoms with Crippen LogP contribution < -0.4 is 0 Å². The van der Waals surface area contributed by atoms with Crippen LogP contribution in [0.25, 0.3) is 0 Å². The molecule has 3 fully saturated rings. The average molecular weight is 471 g/mol. The predicted molar refractivity (Wildman–Crippen MR) is 134 cm³/mol. The highest BCUT2D eigenvalue weighted by Gasteiger charge is 2.68. The molecular weight excluding hydrogens is 424 g/mol. The largest absolute Gasteiger partial charge is 0.481 e. The van der Waals surface area contributed by atoms with Crippen LogP contribution >= 0.6 is 0 Å². The van der Waals surface area contributed by atoms with Crippen molar-refractivity contribution in [1.82, 2.24) is 0 Å². The second-order valence-electron chi connectivity index (χ2n) is 14.5. The number of rotatable bonds is 2. The molecule has 3 saturated carbocycles. The zero-order valence-corrected chi connectivity index (χ0v) is 22.2. The topological polar surface area (TPSA) is 77.8 Å². The number of hydrogen-bond donors (Lipinski definition) is 3. The van der Waals surface area contributed by atoms with Crippen molar-refractivity contribution in [3.05, 3.63) is 23.8 Å². The Morgan fingerprint density at radius 1 is 0.971 bits per heavy atom. The highest BCUT2D eigenvalue weighted by molar-refractivity contribution is 5.79. The van der Waals surface area contributed by atoms with E-state index in [2.05, 4.69) is 59.8 Å². The van der Waals surface area contributed by atoms with Gasteiger partial charge in [-0.25, -0.2) is 0 Å². The fourth-order valence-electron chi connectivity index (χ4n) is 10.1. The number of carboxylic acid groups (broad SMARTS) is 1. The summed E-state index contributed by atoms with van der Waals surface area (Å²) in [4.78, 5) is 12.7. The summed E-state index contributed by atoms with van der Waals surface area (Å²) in [5, 5.41) is 31.7. The Morgan fingerprint density at radius 2 is 1.68 bits per heavy atom. The minimum absolute atomic E-state index is 0.0315. The Hall–Kier alpha value is -1.13. The first-order chi connectivity index (χ1) is 15.7.